The van der Waals surface area contributed by atoms with Gasteiger partial charge in [-0.1, -0.05) is 39.3 Å². The van der Waals surface area contributed by atoms with Crippen molar-refractivity contribution in [3.8, 4) is 0 Å². The quantitative estimate of drug-likeness (QED) is 0.620. The molecule has 3 saturated carbocycles. The van der Waals surface area contributed by atoms with E-state index < -0.39 is 0 Å². The van der Waals surface area contributed by atoms with Crippen LogP contribution in [-0.2, 0) is 9.53 Å². The summed E-state index contributed by atoms with van der Waals surface area (Å²) in [5.74, 6) is 2.62. The van der Waals surface area contributed by atoms with Crippen LogP contribution in [0.2, 0.25) is 0 Å². The molecule has 4 aliphatic rings. The fourth-order valence-corrected chi connectivity index (χ4v) is 7.22. The van der Waals surface area contributed by atoms with Crippen LogP contribution in [0.1, 0.15) is 72.6 Å². The highest BCUT2D eigenvalue weighted by molar-refractivity contribution is 5.92. The largest absolute Gasteiger partial charge is 0.381 e. The summed E-state index contributed by atoms with van der Waals surface area (Å²) < 4.78 is 5.66. The molecule has 0 amide bonds. The Balaban J connectivity index is 1.68. The summed E-state index contributed by atoms with van der Waals surface area (Å²) in [5, 5.41) is 0. The van der Waals surface area contributed by atoms with Crippen LogP contribution < -0.4 is 0 Å². The molecule has 4 rings (SSSR count). The van der Waals surface area contributed by atoms with Crippen LogP contribution in [-0.4, -0.2) is 19.0 Å². The molecule has 0 radical (unpaired) electrons. The van der Waals surface area contributed by atoms with Gasteiger partial charge >= 0.3 is 0 Å². The minimum Gasteiger partial charge on any atom is -0.381 e. The van der Waals surface area contributed by atoms with Gasteiger partial charge in [0.2, 0.25) is 0 Å². The third-order valence-corrected chi connectivity index (χ3v) is 8.65. The SMILES string of the molecule is CO[C@H]1CC[C@@]2(C)C(=CC[C@@H]3[C@@H]2CC[C@]2(C)C(=O)C(C)(C)C[C@@H]32)C1. The maximum atomic E-state index is 13.1. The number of fused-ring (bicyclic) bond motifs is 5. The lowest BCUT2D eigenvalue weighted by atomic mass is 9.48. The van der Waals surface area contributed by atoms with Gasteiger partial charge in [-0.25, -0.2) is 0 Å². The number of hydrogen-bond donors (Lipinski definition) is 0. The molecule has 0 heterocycles. The van der Waals surface area contributed by atoms with E-state index in [4.69, 9.17) is 4.74 Å². The number of rotatable bonds is 1. The Labute approximate surface area is 147 Å². The molecule has 0 aliphatic heterocycles. The van der Waals surface area contributed by atoms with E-state index in [2.05, 4.69) is 33.8 Å². The number of Topliss-reactive ketones (excluding diaryl/α,β-unsaturated/α-hetero) is 1. The molecular formula is C22H34O2. The number of ether oxygens (including phenoxy) is 1. The lowest BCUT2D eigenvalue weighted by Gasteiger charge is -2.56. The third-order valence-electron chi connectivity index (χ3n) is 8.65. The van der Waals surface area contributed by atoms with Crippen LogP contribution in [0, 0.1) is 34.0 Å². The second kappa shape index (κ2) is 5.19. The monoisotopic (exact) mass is 330 g/mol. The second-order valence-corrected chi connectivity index (χ2v) is 10.2. The van der Waals surface area contributed by atoms with Crippen LogP contribution in [0.3, 0.4) is 0 Å². The predicted octanol–water partition coefficient (Wildman–Crippen LogP) is 5.17. The van der Waals surface area contributed by atoms with Gasteiger partial charge in [-0.05, 0) is 68.1 Å². The standard InChI is InChI=1S/C22H34O2/c1-20(2)13-18-16-7-6-14-12-15(24-5)8-10-21(14,3)17(16)9-11-22(18,4)19(20)23/h6,15-18H,7-13H2,1-5H3/t15-,16+,17-,18-,21-,22-/m0/s1. The van der Waals surface area contributed by atoms with Gasteiger partial charge in [0.15, 0.2) is 0 Å². The number of allylic oxidation sites excluding steroid dienone is 1. The normalized spacial score (nSPS) is 49.9. The van der Waals surface area contributed by atoms with Gasteiger partial charge in [0.05, 0.1) is 6.10 Å². The van der Waals surface area contributed by atoms with E-state index >= 15 is 0 Å². The molecule has 0 spiro atoms. The lowest BCUT2D eigenvalue weighted by molar-refractivity contribution is -0.136. The molecule has 0 bridgehead atoms. The molecule has 134 valence electrons. The molecule has 2 nitrogen and oxygen atoms in total. The van der Waals surface area contributed by atoms with Crippen LogP contribution in [0.5, 0.6) is 0 Å². The van der Waals surface area contributed by atoms with Gasteiger partial charge in [0.25, 0.3) is 0 Å². The summed E-state index contributed by atoms with van der Waals surface area (Å²) in [6.45, 7) is 9.17. The average Bonchev–Trinajstić information content (AvgIpc) is 2.73. The molecule has 2 heteroatoms. The van der Waals surface area contributed by atoms with E-state index in [1.54, 1.807) is 5.57 Å². The van der Waals surface area contributed by atoms with Crippen LogP contribution in [0.4, 0.5) is 0 Å². The van der Waals surface area contributed by atoms with E-state index in [-0.39, 0.29) is 10.8 Å². The van der Waals surface area contributed by atoms with Gasteiger partial charge in [0.1, 0.15) is 5.78 Å². The van der Waals surface area contributed by atoms with E-state index in [0.29, 0.717) is 29.1 Å². The minimum atomic E-state index is -0.118. The van der Waals surface area contributed by atoms with E-state index in [1.165, 1.54) is 25.7 Å². The Kier molecular flexibility index (Phi) is 3.64. The van der Waals surface area contributed by atoms with Crippen molar-refractivity contribution in [2.75, 3.05) is 7.11 Å². The zero-order chi connectivity index (χ0) is 17.3. The van der Waals surface area contributed by atoms with Crippen LogP contribution >= 0.6 is 0 Å². The highest BCUT2D eigenvalue weighted by atomic mass is 16.5. The van der Waals surface area contributed by atoms with Gasteiger partial charge in [-0.15, -0.1) is 0 Å². The molecular weight excluding hydrogens is 296 g/mol. The Morgan fingerprint density at radius 2 is 1.75 bits per heavy atom. The van der Waals surface area contributed by atoms with Gasteiger partial charge in [-0.2, -0.15) is 0 Å². The van der Waals surface area contributed by atoms with E-state index in [1.807, 2.05) is 7.11 Å². The first-order chi connectivity index (χ1) is 11.2. The summed E-state index contributed by atoms with van der Waals surface area (Å²) in [4.78, 5) is 13.1. The molecule has 0 saturated heterocycles. The smallest absolute Gasteiger partial charge is 0.144 e. The maximum Gasteiger partial charge on any atom is 0.144 e. The zero-order valence-corrected chi connectivity index (χ0v) is 16.2. The average molecular weight is 331 g/mol. The number of carbonyl (C=O) groups excluding carboxylic acids is 1. The fourth-order valence-electron chi connectivity index (χ4n) is 7.22. The van der Waals surface area contributed by atoms with Crippen LogP contribution in [0.15, 0.2) is 11.6 Å². The highest BCUT2D eigenvalue weighted by Crippen LogP contribution is 2.66. The Morgan fingerprint density at radius 3 is 2.46 bits per heavy atom. The Bertz CT molecular complexity index is 589. The van der Waals surface area contributed by atoms with Crippen molar-refractivity contribution >= 4 is 5.78 Å². The van der Waals surface area contributed by atoms with Gasteiger partial charge in [0, 0.05) is 17.9 Å². The van der Waals surface area contributed by atoms with Crippen molar-refractivity contribution in [1.29, 1.82) is 0 Å². The first-order valence-corrected chi connectivity index (χ1v) is 9.99. The summed E-state index contributed by atoms with van der Waals surface area (Å²) >= 11 is 0. The summed E-state index contributed by atoms with van der Waals surface area (Å²) in [6.07, 6.45) is 11.2. The van der Waals surface area contributed by atoms with E-state index in [9.17, 15) is 4.79 Å². The number of carbonyl (C=O) groups is 1. The number of ketones is 1. The summed E-state index contributed by atoms with van der Waals surface area (Å²) in [7, 11) is 1.86. The van der Waals surface area contributed by atoms with Gasteiger partial charge in [-0.3, -0.25) is 4.79 Å². The minimum absolute atomic E-state index is 0.0594. The number of hydrogen-bond acceptors (Lipinski definition) is 2. The molecule has 24 heavy (non-hydrogen) atoms. The molecule has 4 aliphatic carbocycles. The highest BCUT2D eigenvalue weighted by Gasteiger charge is 2.63. The van der Waals surface area contributed by atoms with Crippen molar-refractivity contribution in [3.63, 3.8) is 0 Å². The summed E-state index contributed by atoms with van der Waals surface area (Å²) in [6, 6.07) is 0. The third kappa shape index (κ3) is 2.08. The fraction of sp³-hybridized carbons (Fsp3) is 0.864. The predicted molar refractivity (Wildman–Crippen MR) is 96.7 cm³/mol. The van der Waals surface area contributed by atoms with Crippen LogP contribution in [0.25, 0.3) is 0 Å². The molecule has 6 atom stereocenters. The lowest BCUT2D eigenvalue weighted by Crippen LogP contribution is -2.50. The molecule has 0 aromatic carbocycles. The van der Waals surface area contributed by atoms with Crippen molar-refractivity contribution in [3.05, 3.63) is 11.6 Å². The molecule has 0 unspecified atom stereocenters. The van der Waals surface area contributed by atoms with Crippen molar-refractivity contribution < 1.29 is 9.53 Å². The van der Waals surface area contributed by atoms with Crippen molar-refractivity contribution in [2.45, 2.75) is 78.7 Å². The first-order valence-electron chi connectivity index (χ1n) is 9.99. The molecule has 0 aromatic rings. The maximum absolute atomic E-state index is 13.1. The topological polar surface area (TPSA) is 26.3 Å². The zero-order valence-electron chi connectivity index (χ0n) is 16.2. The molecule has 0 aromatic heterocycles. The van der Waals surface area contributed by atoms with Crippen molar-refractivity contribution in [1.82, 2.24) is 0 Å². The van der Waals surface area contributed by atoms with Gasteiger partial charge < -0.3 is 4.74 Å². The Hall–Kier alpha value is -0.630. The Morgan fingerprint density at radius 1 is 1.04 bits per heavy atom. The van der Waals surface area contributed by atoms with Crippen molar-refractivity contribution in [2.24, 2.45) is 34.0 Å². The first kappa shape index (κ1) is 16.8. The molecule has 3 fully saturated rings. The molecule has 0 N–H and O–H groups in total. The number of methoxy groups -OCH3 is 1. The van der Waals surface area contributed by atoms with E-state index in [0.717, 1.165) is 25.2 Å². The summed E-state index contributed by atoms with van der Waals surface area (Å²) in [5.41, 5.74) is 1.84. The second-order valence-electron chi connectivity index (χ2n) is 10.2.